The molecule has 0 bridgehead atoms. The number of halogens is 2. The van der Waals surface area contributed by atoms with Gasteiger partial charge in [-0.15, -0.1) is 0 Å². The van der Waals surface area contributed by atoms with Crippen LogP contribution in [-0.2, 0) is 14.4 Å². The number of benzene rings is 3. The predicted molar refractivity (Wildman–Crippen MR) is 236 cm³/mol. The second kappa shape index (κ2) is 20.3. The summed E-state index contributed by atoms with van der Waals surface area (Å²) in [5, 5.41) is 16.4. The molecule has 3 aromatic carbocycles. The van der Waals surface area contributed by atoms with Crippen molar-refractivity contribution in [2.24, 2.45) is 0 Å². The van der Waals surface area contributed by atoms with Gasteiger partial charge in [0.15, 0.2) is 5.69 Å². The van der Waals surface area contributed by atoms with Gasteiger partial charge in [0, 0.05) is 74.8 Å². The monoisotopic (exact) mass is 863 g/mol. The zero-order chi connectivity index (χ0) is 42.7. The number of piperazine rings is 1. The number of nitrogens with zero attached hydrogens (tertiary/aromatic N) is 5. The van der Waals surface area contributed by atoms with Crippen molar-refractivity contribution < 1.29 is 24.0 Å². The van der Waals surface area contributed by atoms with Crippen LogP contribution >= 0.6 is 23.2 Å². The average molecular weight is 865 g/mol. The van der Waals surface area contributed by atoms with E-state index in [4.69, 9.17) is 23.2 Å². The maximum Gasteiger partial charge on any atom is 0.271 e. The van der Waals surface area contributed by atoms with E-state index >= 15 is 0 Å². The van der Waals surface area contributed by atoms with E-state index in [0.717, 1.165) is 56.6 Å². The lowest BCUT2D eigenvalue weighted by Gasteiger charge is -2.36. The maximum absolute atomic E-state index is 13.6. The van der Waals surface area contributed by atoms with Crippen molar-refractivity contribution in [1.82, 2.24) is 30.3 Å². The maximum atomic E-state index is 13.6. The molecule has 16 heteroatoms. The molecule has 0 aliphatic carbocycles. The topological polar surface area (TPSA) is 171 Å². The summed E-state index contributed by atoms with van der Waals surface area (Å²) in [6.07, 6.45) is 7.29. The molecule has 4 heterocycles. The summed E-state index contributed by atoms with van der Waals surface area (Å²) in [7, 11) is 0. The van der Waals surface area contributed by atoms with Crippen LogP contribution in [0.25, 0.3) is 16.9 Å². The van der Waals surface area contributed by atoms with Crippen LogP contribution in [0.5, 0.6) is 0 Å². The van der Waals surface area contributed by atoms with Gasteiger partial charge in [-0.3, -0.25) is 34.3 Å². The minimum absolute atomic E-state index is 0.145. The normalized spacial score (nSPS) is 15.3. The first-order valence-electron chi connectivity index (χ1n) is 20.5. The number of imide groups is 1. The number of aromatic nitrogens is 3. The van der Waals surface area contributed by atoms with E-state index < -0.39 is 11.9 Å². The molecule has 2 aromatic heterocycles. The van der Waals surface area contributed by atoms with Crippen molar-refractivity contribution in [3.8, 4) is 16.9 Å². The van der Waals surface area contributed by atoms with Crippen LogP contribution in [0.1, 0.15) is 72.2 Å². The molecule has 4 N–H and O–H groups in total. The van der Waals surface area contributed by atoms with E-state index in [1.54, 1.807) is 24.4 Å². The van der Waals surface area contributed by atoms with Crippen molar-refractivity contribution in [1.29, 1.82) is 0 Å². The molecule has 7 rings (SSSR count). The lowest BCUT2D eigenvalue weighted by Crippen LogP contribution is -2.48. The van der Waals surface area contributed by atoms with Gasteiger partial charge >= 0.3 is 0 Å². The number of hydrogen-bond acceptors (Lipinski definition) is 9. The fourth-order valence-electron chi connectivity index (χ4n) is 7.37. The summed E-state index contributed by atoms with van der Waals surface area (Å²) < 4.78 is 1.50. The Bertz CT molecular complexity index is 2350. The first-order valence-corrected chi connectivity index (χ1v) is 21.3. The van der Waals surface area contributed by atoms with E-state index in [9.17, 15) is 24.0 Å². The largest absolute Gasteiger partial charge is 0.374 e. The van der Waals surface area contributed by atoms with Gasteiger partial charge in [-0.05, 0) is 79.9 Å². The van der Waals surface area contributed by atoms with Gasteiger partial charge in [0.25, 0.3) is 11.8 Å². The quantitative estimate of drug-likeness (QED) is 0.0596. The van der Waals surface area contributed by atoms with Crippen LogP contribution in [0, 0.1) is 0 Å². The van der Waals surface area contributed by atoms with Gasteiger partial charge in [-0.25, -0.2) is 4.68 Å². The van der Waals surface area contributed by atoms with Gasteiger partial charge in [0.1, 0.15) is 11.9 Å². The molecule has 2 saturated heterocycles. The molecule has 2 fully saturated rings. The Kier molecular flexibility index (Phi) is 14.3. The third kappa shape index (κ3) is 11.1. The zero-order valence-electron chi connectivity index (χ0n) is 33.5. The van der Waals surface area contributed by atoms with E-state index in [2.05, 4.69) is 36.2 Å². The van der Waals surface area contributed by atoms with Gasteiger partial charge in [0.2, 0.25) is 17.7 Å². The Labute approximate surface area is 364 Å². The molecule has 0 saturated carbocycles. The van der Waals surface area contributed by atoms with Crippen LogP contribution in [0.2, 0.25) is 10.0 Å². The number of para-hydroxylation sites is 1. The van der Waals surface area contributed by atoms with Crippen LogP contribution in [0.4, 0.5) is 17.2 Å². The lowest BCUT2D eigenvalue weighted by atomic mass is 10.1. The number of hydrogen-bond donors (Lipinski definition) is 4. The Morgan fingerprint density at radius 1 is 0.770 bits per heavy atom. The fraction of sp³-hybridized carbons (Fsp3) is 0.311. The molecule has 61 heavy (non-hydrogen) atoms. The van der Waals surface area contributed by atoms with E-state index in [1.165, 1.54) is 16.8 Å². The number of unbranched alkanes of at least 4 members (excludes halogenated alkanes) is 4. The molecule has 1 atom stereocenters. The third-order valence-electron chi connectivity index (χ3n) is 10.7. The fourth-order valence-corrected chi connectivity index (χ4v) is 7.94. The van der Waals surface area contributed by atoms with Gasteiger partial charge in [0.05, 0.1) is 27.0 Å². The number of anilines is 3. The number of nitrogens with one attached hydrogen (secondary N) is 4. The minimum Gasteiger partial charge on any atom is -0.374 e. The van der Waals surface area contributed by atoms with Gasteiger partial charge < -0.3 is 25.8 Å². The number of amides is 5. The Morgan fingerprint density at radius 2 is 1.51 bits per heavy atom. The molecule has 5 amide bonds. The summed E-state index contributed by atoms with van der Waals surface area (Å²) in [6, 6.07) is 26.7. The summed E-state index contributed by atoms with van der Waals surface area (Å²) >= 11 is 13.0. The van der Waals surface area contributed by atoms with Crippen molar-refractivity contribution in [2.45, 2.75) is 57.4 Å². The molecular weight excluding hydrogens is 817 g/mol. The highest BCUT2D eigenvalue weighted by atomic mass is 35.5. The summed E-state index contributed by atoms with van der Waals surface area (Å²) in [6.45, 7) is 3.27. The SMILES string of the molecule is O=C1CCC(Nc2ccc(N3CCN(C(=O)CCCCCCCNC(=O)c4cc(NC(=O)c5cc(-c6ccccn6)c(Cl)cc5Cl)n(-c5ccccc5)n4)CC3)cc2)C(=O)N1. The van der Waals surface area contributed by atoms with E-state index in [1.807, 2.05) is 65.6 Å². The smallest absolute Gasteiger partial charge is 0.271 e. The van der Waals surface area contributed by atoms with Crippen molar-refractivity contribution >= 4 is 69.9 Å². The minimum atomic E-state index is -0.505. The second-order valence-electron chi connectivity index (χ2n) is 15.0. The standard InChI is InChI=1S/C45H47Cl2N9O5/c46-35-28-36(47)34(27-33(35)37-13-8-10-21-48-37)43(59)51-40-29-39(53-56(40)32-11-5-4-6-12-32)44(60)49-22-9-3-1-2-7-14-42(58)55-25-23-54(24-26-55)31-17-15-30(16-18-31)50-38-19-20-41(57)52-45(38)61/h4-6,8,10-13,15-18,21,27-29,38,50H,1-3,7,9,14,19-20,22-26H2,(H,49,60)(H,51,59)(H,52,57,61). The number of carbonyl (C=O) groups is 5. The highest BCUT2D eigenvalue weighted by Crippen LogP contribution is 2.33. The van der Waals surface area contributed by atoms with Crippen LogP contribution < -0.4 is 26.2 Å². The number of rotatable bonds is 16. The zero-order valence-corrected chi connectivity index (χ0v) is 35.1. The Balaban J connectivity index is 0.820. The number of carbonyl (C=O) groups excluding carboxylic acids is 5. The van der Waals surface area contributed by atoms with Crippen molar-refractivity contribution in [2.75, 3.05) is 48.3 Å². The number of pyridine rings is 1. The van der Waals surface area contributed by atoms with Gasteiger partial charge in [-0.2, -0.15) is 5.10 Å². The summed E-state index contributed by atoms with van der Waals surface area (Å²) in [5.41, 5.74) is 4.01. The molecule has 14 nitrogen and oxygen atoms in total. The van der Waals surface area contributed by atoms with E-state index in [0.29, 0.717) is 60.9 Å². The predicted octanol–water partition coefficient (Wildman–Crippen LogP) is 7.13. The molecular formula is C45H47Cl2N9O5. The molecule has 5 aromatic rings. The lowest BCUT2D eigenvalue weighted by molar-refractivity contribution is -0.134. The first-order chi connectivity index (χ1) is 29.6. The molecule has 316 valence electrons. The number of piperidine rings is 1. The average Bonchev–Trinajstić information content (AvgIpc) is 3.70. The van der Waals surface area contributed by atoms with Crippen molar-refractivity contribution in [3.63, 3.8) is 0 Å². The van der Waals surface area contributed by atoms with Crippen LogP contribution in [0.15, 0.2) is 97.2 Å². The highest BCUT2D eigenvalue weighted by molar-refractivity contribution is 6.38. The molecule has 1 unspecified atom stereocenters. The van der Waals surface area contributed by atoms with E-state index in [-0.39, 0.29) is 45.7 Å². The van der Waals surface area contributed by atoms with Crippen molar-refractivity contribution in [3.05, 3.63) is 118 Å². The molecule has 2 aliphatic heterocycles. The summed E-state index contributed by atoms with van der Waals surface area (Å²) in [5.74, 6) is -0.943. The van der Waals surface area contributed by atoms with Crippen LogP contribution in [-0.4, -0.2) is 88.0 Å². The first kappa shape index (κ1) is 42.9. The molecule has 0 spiro atoms. The van der Waals surface area contributed by atoms with Gasteiger partial charge in [-0.1, -0.05) is 66.7 Å². The Morgan fingerprint density at radius 3 is 2.25 bits per heavy atom. The molecule has 0 radical (unpaired) electrons. The molecule has 2 aliphatic rings. The highest BCUT2D eigenvalue weighted by Gasteiger charge is 2.27. The summed E-state index contributed by atoms with van der Waals surface area (Å²) in [4.78, 5) is 71.9. The third-order valence-corrected chi connectivity index (χ3v) is 11.3. The Hall–Kier alpha value is -6.25. The second-order valence-corrected chi connectivity index (χ2v) is 15.8. The van der Waals surface area contributed by atoms with Crippen LogP contribution in [0.3, 0.4) is 0 Å².